The normalized spacial score (nSPS) is 14.1. The van der Waals surface area contributed by atoms with E-state index in [2.05, 4.69) is 58.9 Å². The Labute approximate surface area is 105 Å². The van der Waals surface area contributed by atoms with Gasteiger partial charge in [-0.15, -0.1) is 6.57 Å². The Morgan fingerprint density at radius 2 is 0.643 bits per heavy atom. The van der Waals surface area contributed by atoms with Gasteiger partial charge in [0.25, 0.3) is 0 Å². The van der Waals surface area contributed by atoms with Gasteiger partial charge in [-0.05, 0) is 0 Å². The van der Waals surface area contributed by atoms with Crippen molar-refractivity contribution in [1.29, 1.82) is 0 Å². The predicted molar refractivity (Wildman–Crippen MR) is 85.5 cm³/mol. The third-order valence-corrected chi connectivity index (χ3v) is 54.3. The van der Waals surface area contributed by atoms with E-state index in [4.69, 9.17) is 0 Å². The van der Waals surface area contributed by atoms with Crippen molar-refractivity contribution in [3.05, 3.63) is 0 Å². The second kappa shape index (κ2) is 5.29. The molecular weight excluding hydrogens is 302 g/mol. The van der Waals surface area contributed by atoms with Crippen LogP contribution in [0.1, 0.15) is 0 Å². The van der Waals surface area contributed by atoms with Crippen molar-refractivity contribution in [2.45, 2.75) is 58.9 Å². The van der Waals surface area contributed by atoms with Crippen LogP contribution in [0.15, 0.2) is 0 Å². The molecule has 0 aromatic rings. The van der Waals surface area contributed by atoms with Crippen molar-refractivity contribution >= 4 is 46.9 Å². The van der Waals surface area contributed by atoms with Gasteiger partial charge in [-0.25, -0.2) is 0 Å². The Kier molecular flexibility index (Phi) is 6.79. The molecule has 0 atom stereocenters. The number of hydrogen-bond donors (Lipinski definition) is 0. The van der Waals surface area contributed by atoms with Crippen molar-refractivity contribution in [3.8, 4) is 0 Å². The van der Waals surface area contributed by atoms with Crippen molar-refractivity contribution in [1.82, 2.24) is 0 Å². The molecule has 0 heterocycles. The van der Waals surface area contributed by atoms with Gasteiger partial charge < -0.3 is 0 Å². The van der Waals surface area contributed by atoms with E-state index in [-0.39, 0.29) is 17.1 Å². The zero-order chi connectivity index (χ0) is 11.1. The monoisotopic (exact) mass is 332 g/mol. The first kappa shape index (κ1) is 18.0. The molecule has 88 valence electrons. The van der Waals surface area contributed by atoms with E-state index in [1.54, 1.807) is 0 Å². The molecule has 0 rings (SSSR count). The second-order valence-electron chi connectivity index (χ2n) is 6.85. The van der Waals surface area contributed by atoms with Crippen LogP contribution < -0.4 is 0 Å². The van der Waals surface area contributed by atoms with Crippen LogP contribution in [0.3, 0.4) is 0 Å². The summed E-state index contributed by atoms with van der Waals surface area (Å²) >= 11 is 0. The van der Waals surface area contributed by atoms with Crippen LogP contribution in [-0.2, 0) is 0 Å². The number of rotatable bonds is 3. The predicted octanol–water partition coefficient (Wildman–Crippen LogP) is 4.06. The maximum atomic E-state index is 2.59. The molecule has 0 aliphatic carbocycles. The molecule has 0 amide bonds. The minimum absolute atomic E-state index is 0. The van der Waals surface area contributed by atoms with E-state index in [1.807, 2.05) is 0 Å². The van der Waals surface area contributed by atoms with Crippen molar-refractivity contribution < 1.29 is 0 Å². The van der Waals surface area contributed by atoms with Crippen LogP contribution in [0.5, 0.6) is 0 Å². The maximum absolute atomic E-state index is 2.59. The molecule has 0 saturated heterocycles. The Balaban J connectivity index is 0. The van der Waals surface area contributed by atoms with Crippen molar-refractivity contribution in [3.63, 3.8) is 0 Å². The molecule has 0 saturated carbocycles. The molecule has 0 aliphatic rings. The Bertz CT molecular complexity index is 143. The summed E-state index contributed by atoms with van der Waals surface area (Å²) in [5, 5.41) is 0. The molecule has 0 aromatic heterocycles. The Hall–Kier alpha value is 1.60. The quantitative estimate of drug-likeness (QED) is 0.540. The molecular formula is C9H29PSeSi3. The van der Waals surface area contributed by atoms with Gasteiger partial charge in [0.15, 0.2) is 0 Å². The molecule has 5 heteroatoms. The summed E-state index contributed by atoms with van der Waals surface area (Å²) in [7, 11) is -2.61. The summed E-state index contributed by atoms with van der Waals surface area (Å²) in [6.45, 7) is 23.8. The van der Waals surface area contributed by atoms with E-state index >= 15 is 0 Å². The standard InChI is InChI=1S/C9H27PSi3.H2Se/c1-11(2,3)10(12(4,5)6)13(7,8)9;/h1-9H3;1H2. The summed E-state index contributed by atoms with van der Waals surface area (Å²) in [5.74, 6) is 0. The molecule has 0 radical (unpaired) electrons. The SMILES string of the molecule is C[Si](C)(C)P([Si](C)(C)C)[Si](C)(C)C.[SeH2]. The van der Waals surface area contributed by atoms with Crippen LogP contribution in [0.4, 0.5) is 0 Å². The summed E-state index contributed by atoms with van der Waals surface area (Å²) < 4.78 is 0. The second-order valence-corrected chi connectivity index (χ2v) is 40.7. The number of hydrogen-bond acceptors (Lipinski definition) is 0. The molecule has 0 fully saturated rings. The zero-order valence-electron chi connectivity index (χ0n) is 11.4. The third kappa shape index (κ3) is 5.62. The van der Waals surface area contributed by atoms with E-state index < -0.39 is 23.2 Å². The molecule has 0 spiro atoms. The third-order valence-electron chi connectivity index (χ3n) is 2.01. The summed E-state index contributed by atoms with van der Waals surface area (Å²) in [6.07, 6.45) is 0. The first-order chi connectivity index (χ1) is 5.37. The summed E-state index contributed by atoms with van der Waals surface area (Å²) in [6, 6.07) is 0. The van der Waals surface area contributed by atoms with Gasteiger partial charge in [0.1, 0.15) is 0 Å². The van der Waals surface area contributed by atoms with Crippen LogP contribution in [0.25, 0.3) is 0 Å². The fraction of sp³-hybridized carbons (Fsp3) is 1.00. The fourth-order valence-corrected chi connectivity index (χ4v) is 81.5. The Morgan fingerprint density at radius 1 is 0.500 bits per heavy atom. The topological polar surface area (TPSA) is 0 Å². The van der Waals surface area contributed by atoms with Gasteiger partial charge in [0.2, 0.25) is 0 Å². The van der Waals surface area contributed by atoms with Crippen LogP contribution in [0, 0.1) is 0 Å². The van der Waals surface area contributed by atoms with Crippen LogP contribution in [0.2, 0.25) is 58.9 Å². The van der Waals surface area contributed by atoms with Crippen molar-refractivity contribution in [2.75, 3.05) is 0 Å². The van der Waals surface area contributed by atoms with Gasteiger partial charge in [-0.2, -0.15) is 0 Å². The molecule has 0 bridgehead atoms. The molecule has 0 aromatic carbocycles. The molecule has 14 heavy (non-hydrogen) atoms. The van der Waals surface area contributed by atoms with Gasteiger partial charge in [0.05, 0.1) is 23.2 Å². The average molecular weight is 332 g/mol. The van der Waals surface area contributed by atoms with Crippen molar-refractivity contribution in [2.24, 2.45) is 0 Å². The summed E-state index contributed by atoms with van der Waals surface area (Å²) in [4.78, 5) is 0. The van der Waals surface area contributed by atoms with E-state index in [9.17, 15) is 0 Å². The van der Waals surface area contributed by atoms with Gasteiger partial charge in [-0.3, -0.25) is 0 Å². The van der Waals surface area contributed by atoms with Crippen LogP contribution >= 0.6 is 6.57 Å². The van der Waals surface area contributed by atoms with Crippen LogP contribution in [-0.4, -0.2) is 40.3 Å². The van der Waals surface area contributed by atoms with Gasteiger partial charge in [-0.1, -0.05) is 58.9 Å². The van der Waals surface area contributed by atoms with E-state index in [0.717, 1.165) is 0 Å². The van der Waals surface area contributed by atoms with Gasteiger partial charge in [0, 0.05) is 0 Å². The average Bonchev–Trinajstić information content (AvgIpc) is 1.44. The fourth-order valence-electron chi connectivity index (χ4n) is 3.02. The zero-order valence-corrected chi connectivity index (χ0v) is 17.4. The molecule has 0 aliphatic heterocycles. The molecule has 0 unspecified atom stereocenters. The van der Waals surface area contributed by atoms with Gasteiger partial charge >= 0.3 is 17.1 Å². The molecule has 0 nitrogen and oxygen atoms in total. The molecule has 0 N–H and O–H groups in total. The summed E-state index contributed by atoms with van der Waals surface area (Å²) in [5.41, 5.74) is 0. The van der Waals surface area contributed by atoms with E-state index in [1.165, 1.54) is 0 Å². The van der Waals surface area contributed by atoms with E-state index in [0.29, 0.717) is 6.57 Å². The minimum atomic E-state index is -0.869. The Morgan fingerprint density at radius 3 is 0.643 bits per heavy atom. The first-order valence-corrected chi connectivity index (χ1v) is 19.5. The first-order valence-electron chi connectivity index (χ1n) is 5.17.